The van der Waals surface area contributed by atoms with E-state index in [2.05, 4.69) is 20.6 Å². The van der Waals surface area contributed by atoms with Crippen molar-refractivity contribution in [1.29, 1.82) is 0 Å². The maximum atomic E-state index is 12.4. The van der Waals surface area contributed by atoms with Crippen molar-refractivity contribution >= 4 is 23.3 Å². The SMILES string of the molecule is NC(=O)Nc1cccc(NC(=O)c2ccnc(-n3ccnc3)c2)c1. The van der Waals surface area contributed by atoms with Crippen LogP contribution in [0.2, 0.25) is 0 Å². The molecular weight excluding hydrogens is 308 g/mol. The maximum Gasteiger partial charge on any atom is 0.316 e. The van der Waals surface area contributed by atoms with Crippen LogP contribution in [0.4, 0.5) is 16.2 Å². The molecule has 0 atom stereocenters. The van der Waals surface area contributed by atoms with Crippen LogP contribution >= 0.6 is 0 Å². The van der Waals surface area contributed by atoms with Crippen LogP contribution in [0.15, 0.2) is 61.3 Å². The van der Waals surface area contributed by atoms with Gasteiger partial charge >= 0.3 is 6.03 Å². The van der Waals surface area contributed by atoms with Gasteiger partial charge in [-0.2, -0.15) is 0 Å². The lowest BCUT2D eigenvalue weighted by molar-refractivity contribution is 0.102. The third-order valence-electron chi connectivity index (χ3n) is 3.16. The van der Waals surface area contributed by atoms with E-state index in [1.807, 2.05) is 0 Å². The van der Waals surface area contributed by atoms with Gasteiger partial charge in [-0.3, -0.25) is 9.36 Å². The number of aromatic nitrogens is 3. The largest absolute Gasteiger partial charge is 0.351 e. The van der Waals surface area contributed by atoms with E-state index in [-0.39, 0.29) is 5.91 Å². The first-order valence-corrected chi connectivity index (χ1v) is 7.04. The summed E-state index contributed by atoms with van der Waals surface area (Å²) in [5, 5.41) is 5.21. The van der Waals surface area contributed by atoms with Crippen LogP contribution in [0, 0.1) is 0 Å². The fourth-order valence-electron chi connectivity index (χ4n) is 2.12. The number of urea groups is 1. The van der Waals surface area contributed by atoms with Crippen LogP contribution in [0.3, 0.4) is 0 Å². The lowest BCUT2D eigenvalue weighted by atomic mass is 10.2. The van der Waals surface area contributed by atoms with E-state index in [1.54, 1.807) is 65.9 Å². The van der Waals surface area contributed by atoms with Gasteiger partial charge in [0.15, 0.2) is 0 Å². The average molecular weight is 322 g/mol. The van der Waals surface area contributed by atoms with Gasteiger partial charge in [-0.25, -0.2) is 14.8 Å². The molecule has 3 amide bonds. The summed E-state index contributed by atoms with van der Waals surface area (Å²) in [4.78, 5) is 31.4. The van der Waals surface area contributed by atoms with Gasteiger partial charge in [-0.15, -0.1) is 0 Å². The predicted molar refractivity (Wildman–Crippen MR) is 89.0 cm³/mol. The second-order valence-electron chi connectivity index (χ2n) is 4.90. The van der Waals surface area contributed by atoms with E-state index in [9.17, 15) is 9.59 Å². The number of nitrogens with two attached hydrogens (primary N) is 1. The number of anilines is 2. The molecule has 0 aliphatic heterocycles. The number of nitrogens with zero attached hydrogens (tertiary/aromatic N) is 3. The molecule has 0 spiro atoms. The van der Waals surface area contributed by atoms with Crippen LogP contribution < -0.4 is 16.4 Å². The molecule has 2 heterocycles. The van der Waals surface area contributed by atoms with Crippen LogP contribution in [0.1, 0.15) is 10.4 Å². The molecule has 3 rings (SSSR count). The second-order valence-corrected chi connectivity index (χ2v) is 4.90. The van der Waals surface area contributed by atoms with Crippen molar-refractivity contribution in [1.82, 2.24) is 14.5 Å². The maximum absolute atomic E-state index is 12.4. The molecule has 0 bridgehead atoms. The van der Waals surface area contributed by atoms with Crippen molar-refractivity contribution in [3.8, 4) is 5.82 Å². The first kappa shape index (κ1) is 15.2. The number of rotatable bonds is 4. The van der Waals surface area contributed by atoms with Gasteiger partial charge in [0.2, 0.25) is 0 Å². The highest BCUT2D eigenvalue weighted by Gasteiger charge is 2.09. The van der Waals surface area contributed by atoms with Gasteiger partial charge in [0.1, 0.15) is 12.1 Å². The van der Waals surface area contributed by atoms with E-state index in [0.29, 0.717) is 22.8 Å². The number of primary amides is 1. The third-order valence-corrected chi connectivity index (χ3v) is 3.16. The van der Waals surface area contributed by atoms with Crippen LogP contribution in [-0.2, 0) is 0 Å². The molecule has 0 radical (unpaired) electrons. The van der Waals surface area contributed by atoms with Crippen molar-refractivity contribution in [2.45, 2.75) is 0 Å². The Morgan fingerprint density at radius 2 is 1.83 bits per heavy atom. The Balaban J connectivity index is 1.78. The minimum Gasteiger partial charge on any atom is -0.351 e. The molecule has 24 heavy (non-hydrogen) atoms. The number of imidazole rings is 1. The zero-order valence-electron chi connectivity index (χ0n) is 12.5. The van der Waals surface area contributed by atoms with E-state index in [4.69, 9.17) is 5.73 Å². The van der Waals surface area contributed by atoms with Crippen molar-refractivity contribution in [3.05, 3.63) is 66.9 Å². The lowest BCUT2D eigenvalue weighted by Crippen LogP contribution is -2.19. The molecule has 0 saturated carbocycles. The topological polar surface area (TPSA) is 115 Å². The van der Waals surface area contributed by atoms with Gasteiger partial charge in [0.25, 0.3) is 5.91 Å². The molecule has 120 valence electrons. The zero-order valence-corrected chi connectivity index (χ0v) is 12.5. The van der Waals surface area contributed by atoms with Gasteiger partial charge in [0, 0.05) is 35.5 Å². The molecule has 0 unspecified atom stereocenters. The number of benzene rings is 1. The minimum atomic E-state index is -0.669. The summed E-state index contributed by atoms with van der Waals surface area (Å²) in [5.41, 5.74) is 6.55. The fourth-order valence-corrected chi connectivity index (χ4v) is 2.12. The molecule has 0 aliphatic rings. The summed E-state index contributed by atoms with van der Waals surface area (Å²) < 4.78 is 1.70. The molecular formula is C16H14N6O2. The molecule has 3 aromatic rings. The number of nitrogens with one attached hydrogen (secondary N) is 2. The summed E-state index contributed by atoms with van der Waals surface area (Å²) in [6, 6.07) is 9.29. The fraction of sp³-hybridized carbons (Fsp3) is 0. The summed E-state index contributed by atoms with van der Waals surface area (Å²) in [6.45, 7) is 0. The van der Waals surface area contributed by atoms with Crippen LogP contribution in [0.25, 0.3) is 5.82 Å². The Bertz CT molecular complexity index is 876. The summed E-state index contributed by atoms with van der Waals surface area (Å²) >= 11 is 0. The highest BCUT2D eigenvalue weighted by molar-refractivity contribution is 6.04. The summed E-state index contributed by atoms with van der Waals surface area (Å²) in [6.07, 6.45) is 6.52. The Morgan fingerprint density at radius 1 is 1.04 bits per heavy atom. The first-order chi connectivity index (χ1) is 11.6. The lowest BCUT2D eigenvalue weighted by Gasteiger charge is -2.08. The van der Waals surface area contributed by atoms with Crippen molar-refractivity contribution in [2.75, 3.05) is 10.6 Å². The van der Waals surface area contributed by atoms with E-state index < -0.39 is 6.03 Å². The molecule has 1 aromatic carbocycles. The van der Waals surface area contributed by atoms with Crippen molar-refractivity contribution < 1.29 is 9.59 Å². The summed E-state index contributed by atoms with van der Waals surface area (Å²) in [5.74, 6) is 0.291. The predicted octanol–water partition coefficient (Wildman–Crippen LogP) is 2.01. The Hall–Kier alpha value is -3.68. The highest BCUT2D eigenvalue weighted by Crippen LogP contribution is 2.16. The van der Waals surface area contributed by atoms with Gasteiger partial charge in [-0.05, 0) is 30.3 Å². The number of carbonyl (C=O) groups excluding carboxylic acids is 2. The molecule has 4 N–H and O–H groups in total. The van der Waals surface area contributed by atoms with E-state index in [1.165, 1.54) is 0 Å². The Kier molecular flexibility index (Phi) is 4.19. The molecule has 8 nitrogen and oxygen atoms in total. The van der Waals surface area contributed by atoms with Crippen LogP contribution in [-0.4, -0.2) is 26.5 Å². The number of amides is 3. The molecule has 0 fully saturated rings. The summed E-state index contributed by atoms with van der Waals surface area (Å²) in [7, 11) is 0. The third kappa shape index (κ3) is 3.55. The number of pyridine rings is 1. The Morgan fingerprint density at radius 3 is 2.54 bits per heavy atom. The number of hydrogen-bond donors (Lipinski definition) is 3. The van der Waals surface area contributed by atoms with Crippen LogP contribution in [0.5, 0.6) is 0 Å². The Labute approximate surface area is 137 Å². The van der Waals surface area contributed by atoms with Gasteiger partial charge in [-0.1, -0.05) is 6.07 Å². The zero-order chi connectivity index (χ0) is 16.9. The number of carbonyl (C=O) groups is 2. The second kappa shape index (κ2) is 6.61. The van der Waals surface area contributed by atoms with E-state index >= 15 is 0 Å². The molecule has 8 heteroatoms. The molecule has 0 saturated heterocycles. The quantitative estimate of drug-likeness (QED) is 0.681. The molecule has 2 aromatic heterocycles. The minimum absolute atomic E-state index is 0.296. The van der Waals surface area contributed by atoms with Gasteiger partial charge in [0.05, 0.1) is 0 Å². The van der Waals surface area contributed by atoms with Crippen molar-refractivity contribution in [3.63, 3.8) is 0 Å². The monoisotopic (exact) mass is 322 g/mol. The van der Waals surface area contributed by atoms with Crippen molar-refractivity contribution in [2.24, 2.45) is 5.73 Å². The molecule has 0 aliphatic carbocycles. The number of hydrogen-bond acceptors (Lipinski definition) is 4. The first-order valence-electron chi connectivity index (χ1n) is 7.04. The average Bonchev–Trinajstić information content (AvgIpc) is 3.09. The smallest absolute Gasteiger partial charge is 0.316 e. The van der Waals surface area contributed by atoms with Gasteiger partial charge < -0.3 is 16.4 Å². The highest BCUT2D eigenvalue weighted by atomic mass is 16.2. The normalized spacial score (nSPS) is 10.2. The van der Waals surface area contributed by atoms with E-state index in [0.717, 1.165) is 0 Å². The standard InChI is InChI=1S/C16H14N6O2/c17-16(24)21-13-3-1-2-12(9-13)20-15(23)11-4-5-19-14(8-11)22-7-6-18-10-22/h1-10H,(H,20,23)(H3,17,21,24).